The van der Waals surface area contributed by atoms with E-state index < -0.39 is 0 Å². The Kier molecular flexibility index (Phi) is 5.47. The monoisotopic (exact) mass is 386 g/mol. The van der Waals surface area contributed by atoms with Crippen LogP contribution in [0.4, 0.5) is 0 Å². The lowest BCUT2D eigenvalue weighted by Crippen LogP contribution is -2.57. The fourth-order valence-electron chi connectivity index (χ4n) is 4.13. The van der Waals surface area contributed by atoms with E-state index in [1.54, 1.807) is 0 Å². The average Bonchev–Trinajstić information content (AvgIpc) is 3.45. The van der Waals surface area contributed by atoms with Crippen molar-refractivity contribution < 1.29 is 19.4 Å². The second kappa shape index (κ2) is 8.18. The molecule has 0 unspecified atom stereocenters. The summed E-state index contributed by atoms with van der Waals surface area (Å²) in [7, 11) is 0. The van der Waals surface area contributed by atoms with Gasteiger partial charge in [-0.3, -0.25) is 14.7 Å². The highest BCUT2D eigenvalue weighted by molar-refractivity contribution is 6.05. The predicted molar refractivity (Wildman–Crippen MR) is 103 cm³/mol. The zero-order valence-corrected chi connectivity index (χ0v) is 15.8. The van der Waals surface area contributed by atoms with Crippen molar-refractivity contribution in [1.29, 1.82) is 0 Å². The standard InChI is InChI=1S/C19H24N4O2.CH2O2/c24-19(20-17-10-23-7-5-13(17)6-8-23)18-15-4-3-14(9-16(15)21-22-18)25-11-12-1-2-12;2-1-3/h3-4,9,12-13,17H,1-2,5-8,10-11H2,(H,20,24)(H,21,22);1H,(H,2,3)/t17-;/m1./s1. The second-order valence-corrected chi connectivity index (χ2v) is 7.86. The molecule has 3 aliphatic heterocycles. The summed E-state index contributed by atoms with van der Waals surface area (Å²) in [5, 5.41) is 18.2. The number of aromatic nitrogens is 2. The molecule has 4 fully saturated rings. The molecule has 8 heteroatoms. The molecule has 3 saturated heterocycles. The normalized spacial score (nSPS) is 25.6. The maximum absolute atomic E-state index is 12.7. The Hall–Kier alpha value is -2.61. The molecule has 8 nitrogen and oxygen atoms in total. The lowest BCUT2D eigenvalue weighted by molar-refractivity contribution is -0.122. The summed E-state index contributed by atoms with van der Waals surface area (Å²) >= 11 is 0. The Bertz CT molecular complexity index is 840. The first-order chi connectivity index (χ1) is 13.7. The Labute approximate surface area is 163 Å². The maximum atomic E-state index is 12.7. The van der Waals surface area contributed by atoms with Crippen molar-refractivity contribution in [2.45, 2.75) is 31.7 Å². The van der Waals surface area contributed by atoms with Crippen LogP contribution in [0, 0.1) is 11.8 Å². The van der Waals surface area contributed by atoms with Crippen molar-refractivity contribution in [2.24, 2.45) is 11.8 Å². The van der Waals surface area contributed by atoms with Crippen LogP contribution in [0.2, 0.25) is 0 Å². The van der Waals surface area contributed by atoms with Crippen LogP contribution in [0.5, 0.6) is 5.75 Å². The number of benzene rings is 1. The number of nitrogens with one attached hydrogen (secondary N) is 2. The van der Waals surface area contributed by atoms with E-state index in [1.807, 2.05) is 18.2 Å². The van der Waals surface area contributed by atoms with Gasteiger partial charge in [-0.15, -0.1) is 0 Å². The zero-order valence-electron chi connectivity index (χ0n) is 15.8. The lowest BCUT2D eigenvalue weighted by atomic mass is 9.84. The van der Waals surface area contributed by atoms with Crippen LogP contribution < -0.4 is 10.1 Å². The molecule has 2 aromatic rings. The van der Waals surface area contributed by atoms with Crippen LogP contribution >= 0.6 is 0 Å². The first-order valence-corrected chi connectivity index (χ1v) is 9.90. The number of carboxylic acid groups (broad SMARTS) is 1. The smallest absolute Gasteiger partial charge is 0.290 e. The van der Waals surface area contributed by atoms with Gasteiger partial charge in [-0.2, -0.15) is 5.10 Å². The van der Waals surface area contributed by atoms with Crippen molar-refractivity contribution in [1.82, 2.24) is 20.4 Å². The fourth-order valence-corrected chi connectivity index (χ4v) is 4.13. The number of fused-ring (bicyclic) bond motifs is 4. The van der Waals surface area contributed by atoms with Crippen LogP contribution in [-0.2, 0) is 4.79 Å². The number of rotatable bonds is 5. The summed E-state index contributed by atoms with van der Waals surface area (Å²) in [4.78, 5) is 23.5. The maximum Gasteiger partial charge on any atom is 0.290 e. The van der Waals surface area contributed by atoms with E-state index in [9.17, 15) is 4.79 Å². The zero-order chi connectivity index (χ0) is 19.5. The minimum atomic E-state index is -0.250. The van der Waals surface area contributed by atoms with Crippen molar-refractivity contribution in [3.05, 3.63) is 23.9 Å². The molecule has 1 atom stereocenters. The van der Waals surface area contributed by atoms with E-state index in [1.165, 1.54) is 38.8 Å². The number of carbonyl (C=O) groups excluding carboxylic acids is 1. The third-order valence-corrected chi connectivity index (χ3v) is 5.90. The highest BCUT2D eigenvalue weighted by atomic mass is 16.5. The number of piperidine rings is 3. The number of aromatic amines is 1. The molecule has 6 rings (SSSR count). The van der Waals surface area contributed by atoms with E-state index in [0.29, 0.717) is 11.6 Å². The van der Waals surface area contributed by atoms with Gasteiger partial charge in [0.15, 0.2) is 5.69 Å². The Morgan fingerprint density at radius 3 is 2.71 bits per heavy atom. The number of hydrogen-bond acceptors (Lipinski definition) is 5. The van der Waals surface area contributed by atoms with Crippen molar-refractivity contribution >= 4 is 23.3 Å². The van der Waals surface area contributed by atoms with Crippen molar-refractivity contribution in [3.63, 3.8) is 0 Å². The second-order valence-electron chi connectivity index (χ2n) is 7.86. The predicted octanol–water partition coefficient (Wildman–Crippen LogP) is 1.88. The molecule has 1 aliphatic carbocycles. The Balaban J connectivity index is 0.000000604. The molecule has 28 heavy (non-hydrogen) atoms. The first kappa shape index (κ1) is 18.7. The van der Waals surface area contributed by atoms with E-state index in [-0.39, 0.29) is 18.4 Å². The first-order valence-electron chi connectivity index (χ1n) is 9.90. The minimum Gasteiger partial charge on any atom is -0.493 e. The molecule has 150 valence electrons. The molecule has 3 N–H and O–H groups in total. The van der Waals surface area contributed by atoms with E-state index in [0.717, 1.165) is 35.7 Å². The number of nitrogens with zero attached hydrogens (tertiary/aromatic N) is 2. The fraction of sp³-hybridized carbons (Fsp3) is 0.550. The SMILES string of the molecule is O=C(N[C@@H]1CN2CCC1CC2)c1n[nH]c2cc(OCC3CC3)ccc12.O=CO. The van der Waals surface area contributed by atoms with Crippen molar-refractivity contribution in [3.8, 4) is 5.75 Å². The van der Waals surface area contributed by atoms with Gasteiger partial charge in [0.2, 0.25) is 0 Å². The molecule has 1 aromatic heterocycles. The largest absolute Gasteiger partial charge is 0.493 e. The van der Waals surface area contributed by atoms with Gasteiger partial charge < -0.3 is 20.1 Å². The molecule has 1 aromatic carbocycles. The summed E-state index contributed by atoms with van der Waals surface area (Å²) in [6, 6.07) is 6.07. The van der Waals surface area contributed by atoms with Gasteiger partial charge in [0, 0.05) is 24.0 Å². The summed E-state index contributed by atoms with van der Waals surface area (Å²) < 4.78 is 5.81. The highest BCUT2D eigenvalue weighted by Gasteiger charge is 2.35. The number of carbonyl (C=O) groups is 2. The molecule has 4 heterocycles. The Morgan fingerprint density at radius 2 is 2.07 bits per heavy atom. The minimum absolute atomic E-state index is 0.0725. The molecule has 2 bridgehead atoms. The van der Waals surface area contributed by atoms with Crippen LogP contribution in [0.1, 0.15) is 36.2 Å². The Morgan fingerprint density at radius 1 is 1.32 bits per heavy atom. The van der Waals surface area contributed by atoms with E-state index in [4.69, 9.17) is 14.6 Å². The van der Waals surface area contributed by atoms with Gasteiger partial charge in [0.1, 0.15) is 5.75 Å². The summed E-state index contributed by atoms with van der Waals surface area (Å²) in [5.74, 6) is 2.10. The number of ether oxygens (including phenoxy) is 1. The van der Waals surface area contributed by atoms with Crippen LogP contribution in [0.3, 0.4) is 0 Å². The molecule has 1 saturated carbocycles. The molecular formula is C20H26N4O4. The molecule has 1 amide bonds. The van der Waals surface area contributed by atoms with Crippen LogP contribution in [-0.4, -0.2) is 64.9 Å². The van der Waals surface area contributed by atoms with Gasteiger partial charge in [-0.25, -0.2) is 0 Å². The quantitative estimate of drug-likeness (QED) is 0.677. The highest BCUT2D eigenvalue weighted by Crippen LogP contribution is 2.31. The van der Waals surface area contributed by atoms with Gasteiger partial charge >= 0.3 is 0 Å². The van der Waals surface area contributed by atoms with E-state index >= 15 is 0 Å². The number of H-pyrrole nitrogens is 1. The van der Waals surface area contributed by atoms with Gasteiger partial charge in [-0.1, -0.05) is 0 Å². The number of hydrogen-bond donors (Lipinski definition) is 3. The van der Waals surface area contributed by atoms with Gasteiger partial charge in [0.05, 0.1) is 12.1 Å². The van der Waals surface area contributed by atoms with Crippen LogP contribution in [0.15, 0.2) is 18.2 Å². The molecule has 0 spiro atoms. The summed E-state index contributed by atoms with van der Waals surface area (Å²) in [5.41, 5.74) is 1.34. The number of amides is 1. The topological polar surface area (TPSA) is 108 Å². The summed E-state index contributed by atoms with van der Waals surface area (Å²) in [6.45, 7) is 3.85. The van der Waals surface area contributed by atoms with Crippen molar-refractivity contribution in [2.75, 3.05) is 26.2 Å². The molecular weight excluding hydrogens is 360 g/mol. The van der Waals surface area contributed by atoms with Gasteiger partial charge in [-0.05, 0) is 62.7 Å². The third kappa shape index (κ3) is 4.11. The lowest BCUT2D eigenvalue weighted by Gasteiger charge is -2.44. The van der Waals surface area contributed by atoms with E-state index in [2.05, 4.69) is 20.4 Å². The van der Waals surface area contributed by atoms with Crippen LogP contribution in [0.25, 0.3) is 10.9 Å². The third-order valence-electron chi connectivity index (χ3n) is 5.90. The molecule has 0 radical (unpaired) electrons. The van der Waals surface area contributed by atoms with Gasteiger partial charge in [0.25, 0.3) is 12.4 Å². The summed E-state index contributed by atoms with van der Waals surface area (Å²) in [6.07, 6.45) is 4.92. The molecule has 4 aliphatic rings. The average molecular weight is 386 g/mol.